The molecule has 0 aromatic heterocycles. The Morgan fingerprint density at radius 1 is 1.40 bits per heavy atom. The lowest BCUT2D eigenvalue weighted by atomic mass is 10.4. The van der Waals surface area contributed by atoms with Crippen LogP contribution < -0.4 is 0 Å². The van der Waals surface area contributed by atoms with Gasteiger partial charge in [-0.2, -0.15) is 0 Å². The Balaban J connectivity index is 3.65. The zero-order chi connectivity index (χ0) is 7.82. The van der Waals surface area contributed by atoms with Gasteiger partial charge >= 0.3 is 5.97 Å². The second-order valence-corrected chi connectivity index (χ2v) is 1.50. The van der Waals surface area contributed by atoms with Crippen LogP contribution in [0, 0.1) is 0 Å². The lowest BCUT2D eigenvalue weighted by Crippen LogP contribution is -1.92. The van der Waals surface area contributed by atoms with Crippen LogP contribution in [0.25, 0.3) is 0 Å². The Morgan fingerprint density at radius 3 is 2.60 bits per heavy atom. The Labute approximate surface area is 60.5 Å². The van der Waals surface area contributed by atoms with Gasteiger partial charge in [0.05, 0.1) is 7.11 Å². The standard InChI is InChI=1S/C8H10O2/c1-3-4-5-6-7-8(9)10-2/h3-7H,1H2,2H3/b5-4+,7-6+. The lowest BCUT2D eigenvalue weighted by Gasteiger charge is -1.85. The fourth-order valence-corrected chi connectivity index (χ4v) is 0.345. The van der Waals surface area contributed by atoms with Crippen LogP contribution >= 0.6 is 0 Å². The van der Waals surface area contributed by atoms with E-state index in [0.29, 0.717) is 0 Å². The Bertz CT molecular complexity index is 166. The normalized spacial score (nSPS) is 10.5. The smallest absolute Gasteiger partial charge is 0.330 e. The SMILES string of the molecule is C=C/C=C/C=C/C(=O)OC. The number of hydrogen-bond donors (Lipinski definition) is 0. The van der Waals surface area contributed by atoms with Crippen molar-refractivity contribution in [3.05, 3.63) is 37.0 Å². The molecular weight excluding hydrogens is 128 g/mol. The number of rotatable bonds is 3. The molecule has 0 aliphatic carbocycles. The fourth-order valence-electron chi connectivity index (χ4n) is 0.345. The van der Waals surface area contributed by atoms with E-state index in [2.05, 4.69) is 11.3 Å². The molecule has 0 amide bonds. The summed E-state index contributed by atoms with van der Waals surface area (Å²) in [4.78, 5) is 10.4. The molecule has 0 saturated carbocycles. The van der Waals surface area contributed by atoms with Crippen molar-refractivity contribution in [1.29, 1.82) is 0 Å². The molecule has 0 aromatic carbocycles. The maximum Gasteiger partial charge on any atom is 0.330 e. The van der Waals surface area contributed by atoms with Crippen molar-refractivity contribution in [2.24, 2.45) is 0 Å². The van der Waals surface area contributed by atoms with E-state index in [-0.39, 0.29) is 5.97 Å². The quantitative estimate of drug-likeness (QED) is 0.335. The topological polar surface area (TPSA) is 26.3 Å². The van der Waals surface area contributed by atoms with E-state index < -0.39 is 0 Å². The van der Waals surface area contributed by atoms with Gasteiger partial charge in [0.15, 0.2) is 0 Å². The molecule has 0 radical (unpaired) electrons. The molecule has 2 heteroatoms. The van der Waals surface area contributed by atoms with Crippen molar-refractivity contribution in [3.63, 3.8) is 0 Å². The summed E-state index contributed by atoms with van der Waals surface area (Å²) in [5, 5.41) is 0. The van der Waals surface area contributed by atoms with Crippen LogP contribution in [0.5, 0.6) is 0 Å². The highest BCUT2D eigenvalue weighted by molar-refractivity contribution is 5.82. The lowest BCUT2D eigenvalue weighted by molar-refractivity contribution is -0.134. The van der Waals surface area contributed by atoms with Crippen molar-refractivity contribution in [1.82, 2.24) is 0 Å². The number of carbonyl (C=O) groups is 1. The van der Waals surface area contributed by atoms with Gasteiger partial charge in [-0.15, -0.1) is 0 Å². The van der Waals surface area contributed by atoms with Crippen LogP contribution in [-0.2, 0) is 9.53 Å². The zero-order valence-corrected chi connectivity index (χ0v) is 5.91. The van der Waals surface area contributed by atoms with Crippen molar-refractivity contribution in [3.8, 4) is 0 Å². The molecule has 0 aliphatic rings. The molecule has 0 unspecified atom stereocenters. The van der Waals surface area contributed by atoms with Gasteiger partial charge in [-0.3, -0.25) is 0 Å². The summed E-state index contributed by atoms with van der Waals surface area (Å²) in [6.07, 6.45) is 7.97. The van der Waals surface area contributed by atoms with E-state index in [1.165, 1.54) is 13.2 Å². The molecule has 0 heterocycles. The van der Waals surface area contributed by atoms with Crippen molar-refractivity contribution in [2.75, 3.05) is 7.11 Å². The highest BCUT2D eigenvalue weighted by atomic mass is 16.5. The minimum atomic E-state index is -0.353. The first-order valence-electron chi connectivity index (χ1n) is 2.85. The van der Waals surface area contributed by atoms with Crippen molar-refractivity contribution < 1.29 is 9.53 Å². The third-order valence-electron chi connectivity index (χ3n) is 0.792. The maximum absolute atomic E-state index is 10.4. The minimum absolute atomic E-state index is 0.353. The molecule has 0 fully saturated rings. The van der Waals surface area contributed by atoms with E-state index in [1.54, 1.807) is 24.3 Å². The van der Waals surface area contributed by atoms with Crippen molar-refractivity contribution >= 4 is 5.97 Å². The summed E-state index contributed by atoms with van der Waals surface area (Å²) >= 11 is 0. The fraction of sp³-hybridized carbons (Fsp3) is 0.125. The Morgan fingerprint density at radius 2 is 2.10 bits per heavy atom. The molecule has 0 aromatic rings. The molecule has 0 saturated heterocycles. The highest BCUT2D eigenvalue weighted by Gasteiger charge is 1.85. The summed E-state index contributed by atoms with van der Waals surface area (Å²) in [6, 6.07) is 0. The summed E-state index contributed by atoms with van der Waals surface area (Å²) in [5.41, 5.74) is 0. The Hall–Kier alpha value is -1.31. The number of ether oxygens (including phenoxy) is 1. The first-order chi connectivity index (χ1) is 4.81. The van der Waals surface area contributed by atoms with Gasteiger partial charge in [-0.25, -0.2) is 4.79 Å². The average Bonchev–Trinajstić information content (AvgIpc) is 1.98. The van der Waals surface area contributed by atoms with E-state index >= 15 is 0 Å². The van der Waals surface area contributed by atoms with Gasteiger partial charge in [0.2, 0.25) is 0 Å². The predicted molar refractivity (Wildman–Crippen MR) is 40.5 cm³/mol. The van der Waals surface area contributed by atoms with Crippen molar-refractivity contribution in [2.45, 2.75) is 0 Å². The molecule has 0 aliphatic heterocycles. The number of esters is 1. The molecule has 2 nitrogen and oxygen atoms in total. The molecule has 0 atom stereocenters. The van der Waals surface area contributed by atoms with Gasteiger partial charge in [-0.1, -0.05) is 30.9 Å². The van der Waals surface area contributed by atoms with Crippen LogP contribution in [0.4, 0.5) is 0 Å². The molecular formula is C8H10O2. The van der Waals surface area contributed by atoms with E-state index in [1.807, 2.05) is 0 Å². The van der Waals surface area contributed by atoms with Gasteiger partial charge in [0.1, 0.15) is 0 Å². The number of allylic oxidation sites excluding steroid dienone is 4. The predicted octanol–water partition coefficient (Wildman–Crippen LogP) is 1.46. The molecule has 0 spiro atoms. The van der Waals surface area contributed by atoms with Crippen LogP contribution in [0.1, 0.15) is 0 Å². The third-order valence-corrected chi connectivity index (χ3v) is 0.792. The van der Waals surface area contributed by atoms with Gasteiger partial charge in [0, 0.05) is 6.08 Å². The number of hydrogen-bond acceptors (Lipinski definition) is 2. The number of carbonyl (C=O) groups excluding carboxylic acids is 1. The second kappa shape index (κ2) is 5.82. The summed E-state index contributed by atoms with van der Waals surface area (Å²) in [5.74, 6) is -0.353. The Kier molecular flexibility index (Phi) is 5.06. The molecule has 0 N–H and O–H groups in total. The van der Waals surface area contributed by atoms with Crippen LogP contribution in [0.3, 0.4) is 0 Å². The number of methoxy groups -OCH3 is 1. The van der Waals surface area contributed by atoms with Gasteiger partial charge in [0.25, 0.3) is 0 Å². The third kappa shape index (κ3) is 4.84. The summed E-state index contributed by atoms with van der Waals surface area (Å²) in [7, 11) is 1.34. The largest absolute Gasteiger partial charge is 0.466 e. The van der Waals surface area contributed by atoms with Crippen LogP contribution in [-0.4, -0.2) is 13.1 Å². The first kappa shape index (κ1) is 8.69. The minimum Gasteiger partial charge on any atom is -0.466 e. The van der Waals surface area contributed by atoms with Crippen LogP contribution in [0.15, 0.2) is 37.0 Å². The van der Waals surface area contributed by atoms with Gasteiger partial charge in [-0.05, 0) is 0 Å². The van der Waals surface area contributed by atoms with E-state index in [0.717, 1.165) is 0 Å². The van der Waals surface area contributed by atoms with Gasteiger partial charge < -0.3 is 4.74 Å². The molecule has 54 valence electrons. The first-order valence-corrected chi connectivity index (χ1v) is 2.85. The molecule has 0 bridgehead atoms. The maximum atomic E-state index is 10.4. The van der Waals surface area contributed by atoms with Crippen LogP contribution in [0.2, 0.25) is 0 Å². The second-order valence-electron chi connectivity index (χ2n) is 1.50. The van der Waals surface area contributed by atoms with E-state index in [4.69, 9.17) is 0 Å². The monoisotopic (exact) mass is 138 g/mol. The summed E-state index contributed by atoms with van der Waals surface area (Å²) < 4.78 is 4.34. The average molecular weight is 138 g/mol. The van der Waals surface area contributed by atoms with E-state index in [9.17, 15) is 4.79 Å². The highest BCUT2D eigenvalue weighted by Crippen LogP contribution is 1.80. The molecule has 0 rings (SSSR count). The molecule has 10 heavy (non-hydrogen) atoms. The zero-order valence-electron chi connectivity index (χ0n) is 5.91. The summed E-state index contributed by atoms with van der Waals surface area (Å²) in [6.45, 7) is 3.46.